The maximum atomic E-state index is 11.3. The molecule has 0 saturated heterocycles. The van der Waals surface area contributed by atoms with Gasteiger partial charge in [-0.1, -0.05) is 6.92 Å². The lowest BCUT2D eigenvalue weighted by molar-refractivity contribution is -0.530. The molecule has 0 bridgehead atoms. The number of nitriles is 1. The second-order valence-electron chi connectivity index (χ2n) is 3.71. The van der Waals surface area contributed by atoms with Crippen LogP contribution in [0.25, 0.3) is 0 Å². The lowest BCUT2D eigenvalue weighted by Crippen LogP contribution is -2.28. The minimum atomic E-state index is -0.384. The summed E-state index contributed by atoms with van der Waals surface area (Å²) in [5.41, 5.74) is -0.0141. The Kier molecular flexibility index (Phi) is 1.63. The van der Waals surface area contributed by atoms with E-state index in [9.17, 15) is 5.21 Å². The fraction of sp³-hybridized carbons (Fsp3) is 0.750. The molecule has 0 aromatic carbocycles. The van der Waals surface area contributed by atoms with Crippen LogP contribution < -0.4 is 0 Å². The summed E-state index contributed by atoms with van der Waals surface area (Å²) >= 11 is 0. The van der Waals surface area contributed by atoms with E-state index in [0.717, 1.165) is 11.2 Å². The molecule has 1 atom stereocenters. The third-order valence-electron chi connectivity index (χ3n) is 2.16. The first-order valence-corrected chi connectivity index (χ1v) is 3.73. The summed E-state index contributed by atoms with van der Waals surface area (Å²) in [4.78, 5) is 0. The van der Waals surface area contributed by atoms with E-state index in [-0.39, 0.29) is 11.5 Å². The van der Waals surface area contributed by atoms with Crippen molar-refractivity contribution in [3.8, 4) is 6.07 Å². The number of hydrogen-bond donors (Lipinski definition) is 0. The molecule has 0 aliphatic carbocycles. The second kappa shape index (κ2) is 2.23. The highest BCUT2D eigenvalue weighted by Crippen LogP contribution is 2.27. The molecule has 3 heteroatoms. The average Bonchev–Trinajstić information content (AvgIpc) is 2.04. The Morgan fingerprint density at radius 3 is 2.45 bits per heavy atom. The standard InChI is InChI=1S/C8H12N2O/c1-6-4-8(2,3)10(11)7(6)5-9/h6H,4H2,1-3H3. The van der Waals surface area contributed by atoms with Crippen molar-refractivity contribution in [2.45, 2.75) is 32.7 Å². The Morgan fingerprint density at radius 1 is 1.73 bits per heavy atom. The average molecular weight is 152 g/mol. The third-order valence-corrected chi connectivity index (χ3v) is 2.16. The highest BCUT2D eigenvalue weighted by molar-refractivity contribution is 5.97. The van der Waals surface area contributed by atoms with Gasteiger partial charge in [-0.2, -0.15) is 10.0 Å². The van der Waals surface area contributed by atoms with E-state index in [2.05, 4.69) is 0 Å². The first kappa shape index (κ1) is 8.06. The lowest BCUT2D eigenvalue weighted by Gasteiger charge is -2.17. The van der Waals surface area contributed by atoms with E-state index in [1.807, 2.05) is 26.8 Å². The molecule has 3 nitrogen and oxygen atoms in total. The minimum Gasteiger partial charge on any atom is -0.623 e. The number of hydroxylamine groups is 1. The Balaban J connectivity index is 3.07. The first-order chi connectivity index (χ1) is 4.99. The first-order valence-electron chi connectivity index (χ1n) is 3.73. The molecule has 1 aliphatic heterocycles. The summed E-state index contributed by atoms with van der Waals surface area (Å²) in [5.74, 6) is 0.118. The minimum absolute atomic E-state index is 0.118. The molecule has 0 radical (unpaired) electrons. The van der Waals surface area contributed by atoms with Crippen LogP contribution in [-0.4, -0.2) is 16.0 Å². The summed E-state index contributed by atoms with van der Waals surface area (Å²) in [7, 11) is 0. The van der Waals surface area contributed by atoms with Gasteiger partial charge in [0.15, 0.2) is 11.6 Å². The normalized spacial score (nSPS) is 28.7. The molecule has 1 unspecified atom stereocenters. The monoisotopic (exact) mass is 152 g/mol. The van der Waals surface area contributed by atoms with E-state index >= 15 is 0 Å². The topological polar surface area (TPSA) is 49.9 Å². The summed E-state index contributed by atoms with van der Waals surface area (Å²) in [6.07, 6.45) is 0.777. The van der Waals surface area contributed by atoms with Gasteiger partial charge in [0.25, 0.3) is 5.71 Å². The zero-order valence-corrected chi connectivity index (χ0v) is 7.09. The van der Waals surface area contributed by atoms with Crippen molar-refractivity contribution < 1.29 is 4.74 Å². The Bertz CT molecular complexity index is 247. The van der Waals surface area contributed by atoms with Crippen molar-refractivity contribution >= 4 is 5.71 Å². The van der Waals surface area contributed by atoms with Crippen LogP contribution >= 0.6 is 0 Å². The van der Waals surface area contributed by atoms with Gasteiger partial charge >= 0.3 is 0 Å². The summed E-state index contributed by atoms with van der Waals surface area (Å²) in [6, 6.07) is 1.95. The third kappa shape index (κ3) is 1.09. The van der Waals surface area contributed by atoms with Crippen molar-refractivity contribution in [1.29, 1.82) is 5.26 Å². The maximum Gasteiger partial charge on any atom is 0.268 e. The molecule has 0 amide bonds. The van der Waals surface area contributed by atoms with Gasteiger partial charge in [-0.15, -0.1) is 0 Å². The molecule has 1 rings (SSSR count). The molecule has 11 heavy (non-hydrogen) atoms. The molecule has 0 N–H and O–H groups in total. The Morgan fingerprint density at radius 2 is 2.27 bits per heavy atom. The highest BCUT2D eigenvalue weighted by Gasteiger charge is 2.41. The van der Waals surface area contributed by atoms with E-state index in [4.69, 9.17) is 5.26 Å². The molecule has 0 spiro atoms. The molecular weight excluding hydrogens is 140 g/mol. The van der Waals surface area contributed by atoms with Gasteiger partial charge in [-0.3, -0.25) is 0 Å². The van der Waals surface area contributed by atoms with Crippen molar-refractivity contribution in [2.24, 2.45) is 5.92 Å². The van der Waals surface area contributed by atoms with Gasteiger partial charge in [-0.25, -0.2) is 0 Å². The van der Waals surface area contributed by atoms with Crippen LogP contribution in [-0.2, 0) is 0 Å². The predicted octanol–water partition coefficient (Wildman–Crippen LogP) is 1.28. The summed E-state index contributed by atoms with van der Waals surface area (Å²) in [6.45, 7) is 5.64. The van der Waals surface area contributed by atoms with Crippen LogP contribution in [0.1, 0.15) is 27.2 Å². The molecule has 1 heterocycles. The zero-order chi connectivity index (χ0) is 8.65. The van der Waals surface area contributed by atoms with E-state index in [0.29, 0.717) is 5.71 Å². The van der Waals surface area contributed by atoms with E-state index in [1.165, 1.54) is 0 Å². The zero-order valence-electron chi connectivity index (χ0n) is 7.09. The van der Waals surface area contributed by atoms with Crippen LogP contribution in [0, 0.1) is 22.5 Å². The van der Waals surface area contributed by atoms with Gasteiger partial charge in [0, 0.05) is 20.3 Å². The predicted molar refractivity (Wildman–Crippen MR) is 42.1 cm³/mol. The van der Waals surface area contributed by atoms with Gasteiger partial charge < -0.3 is 5.21 Å². The number of nitrogens with zero attached hydrogens (tertiary/aromatic N) is 2. The number of hydrogen-bond acceptors (Lipinski definition) is 2. The van der Waals surface area contributed by atoms with E-state index < -0.39 is 0 Å². The Labute approximate surface area is 66.5 Å². The van der Waals surface area contributed by atoms with Crippen molar-refractivity contribution in [2.75, 3.05) is 0 Å². The van der Waals surface area contributed by atoms with Crippen molar-refractivity contribution in [3.05, 3.63) is 5.21 Å². The number of rotatable bonds is 0. The van der Waals surface area contributed by atoms with Gasteiger partial charge in [-0.05, 0) is 0 Å². The van der Waals surface area contributed by atoms with Crippen LogP contribution in [0.5, 0.6) is 0 Å². The van der Waals surface area contributed by atoms with Crippen LogP contribution in [0.2, 0.25) is 0 Å². The highest BCUT2D eigenvalue weighted by atomic mass is 16.5. The van der Waals surface area contributed by atoms with E-state index in [1.54, 1.807) is 0 Å². The fourth-order valence-electron chi connectivity index (χ4n) is 1.61. The van der Waals surface area contributed by atoms with Crippen molar-refractivity contribution in [3.63, 3.8) is 0 Å². The molecule has 0 fully saturated rings. The molecule has 60 valence electrons. The van der Waals surface area contributed by atoms with Crippen LogP contribution in [0.15, 0.2) is 0 Å². The van der Waals surface area contributed by atoms with Crippen molar-refractivity contribution in [1.82, 2.24) is 0 Å². The summed E-state index contributed by atoms with van der Waals surface area (Å²) in [5, 5.41) is 19.9. The molecular formula is C8H12N2O. The van der Waals surface area contributed by atoms with Gasteiger partial charge in [0.2, 0.25) is 0 Å². The summed E-state index contributed by atoms with van der Waals surface area (Å²) < 4.78 is 0.845. The van der Waals surface area contributed by atoms with Gasteiger partial charge in [0.1, 0.15) is 0 Å². The molecule has 1 aliphatic rings. The largest absolute Gasteiger partial charge is 0.623 e. The fourth-order valence-corrected chi connectivity index (χ4v) is 1.61. The van der Waals surface area contributed by atoms with Crippen LogP contribution in [0.3, 0.4) is 0 Å². The SMILES string of the molecule is CC1CC(C)(C)[N+]([O-])=C1C#N. The molecule has 0 saturated carbocycles. The van der Waals surface area contributed by atoms with Crippen LogP contribution in [0.4, 0.5) is 0 Å². The smallest absolute Gasteiger partial charge is 0.268 e. The molecule has 0 aromatic heterocycles. The Hall–Kier alpha value is -1.04. The second-order valence-corrected chi connectivity index (χ2v) is 3.71. The molecule has 0 aromatic rings. The van der Waals surface area contributed by atoms with Gasteiger partial charge in [0.05, 0.1) is 5.92 Å². The lowest BCUT2D eigenvalue weighted by atomic mass is 9.95. The quantitative estimate of drug-likeness (QED) is 0.388. The maximum absolute atomic E-state index is 11.3.